The van der Waals surface area contributed by atoms with Crippen LogP contribution in [0.4, 0.5) is 11.5 Å². The maximum atomic E-state index is 12.3. The Hall–Kier alpha value is -2.41. The number of rotatable bonds is 7. The van der Waals surface area contributed by atoms with E-state index in [1.807, 2.05) is 13.8 Å². The van der Waals surface area contributed by atoms with Crippen LogP contribution in [0.2, 0.25) is 0 Å². The molecule has 128 valence electrons. The Labute approximate surface area is 142 Å². The second-order valence-electron chi connectivity index (χ2n) is 5.35. The van der Waals surface area contributed by atoms with E-state index in [1.165, 1.54) is 18.3 Å². The average Bonchev–Trinajstić information content (AvgIpc) is 2.57. The van der Waals surface area contributed by atoms with Gasteiger partial charge in [-0.2, -0.15) is 0 Å². The molecule has 0 atom stereocenters. The van der Waals surface area contributed by atoms with Gasteiger partial charge in [-0.15, -0.1) is 0 Å². The minimum atomic E-state index is -3.71. The third-order valence-corrected chi connectivity index (χ3v) is 5.06. The Kier molecular flexibility index (Phi) is 5.92. The molecule has 0 bridgehead atoms. The molecule has 0 fully saturated rings. The molecule has 0 aliphatic carbocycles. The lowest BCUT2D eigenvalue weighted by molar-refractivity contribution is -0.120. The smallest absolute Gasteiger partial charge is 0.263 e. The summed E-state index contributed by atoms with van der Waals surface area (Å²) in [6, 6.07) is 11.0. The summed E-state index contributed by atoms with van der Waals surface area (Å²) in [5.41, 5.74) is 0.573. The molecule has 7 heteroatoms. The standard InChI is InChI=1S/C17H21N3O3S/c1-3-13(4-2)17(21)19-14-8-10-15(11-9-14)24(22,23)20-16-7-5-6-12-18-16/h5-13H,3-4H2,1-2H3,(H,18,20)(H,19,21). The van der Waals surface area contributed by atoms with E-state index in [0.29, 0.717) is 5.69 Å². The Morgan fingerprint density at radius 2 is 1.75 bits per heavy atom. The minimum Gasteiger partial charge on any atom is -0.326 e. The molecule has 0 aliphatic heterocycles. The van der Waals surface area contributed by atoms with E-state index in [9.17, 15) is 13.2 Å². The normalized spacial score (nSPS) is 11.3. The van der Waals surface area contributed by atoms with E-state index in [0.717, 1.165) is 12.8 Å². The van der Waals surface area contributed by atoms with Gasteiger partial charge in [0.1, 0.15) is 5.82 Å². The molecule has 1 amide bonds. The van der Waals surface area contributed by atoms with Crippen LogP contribution in [-0.2, 0) is 14.8 Å². The van der Waals surface area contributed by atoms with Crippen LogP contribution < -0.4 is 10.0 Å². The highest BCUT2D eigenvalue weighted by Crippen LogP contribution is 2.18. The summed E-state index contributed by atoms with van der Waals surface area (Å²) in [6.45, 7) is 3.93. The van der Waals surface area contributed by atoms with Crippen molar-refractivity contribution in [3.63, 3.8) is 0 Å². The summed E-state index contributed by atoms with van der Waals surface area (Å²) in [5.74, 6) is 0.157. The molecule has 24 heavy (non-hydrogen) atoms. The first-order chi connectivity index (χ1) is 11.5. The number of nitrogens with one attached hydrogen (secondary N) is 2. The number of carbonyl (C=O) groups is 1. The van der Waals surface area contributed by atoms with Crippen LogP contribution in [0, 0.1) is 5.92 Å². The number of carbonyl (C=O) groups excluding carboxylic acids is 1. The number of aromatic nitrogens is 1. The maximum Gasteiger partial charge on any atom is 0.263 e. The van der Waals surface area contributed by atoms with Crippen LogP contribution >= 0.6 is 0 Å². The Morgan fingerprint density at radius 3 is 2.29 bits per heavy atom. The maximum absolute atomic E-state index is 12.3. The summed E-state index contributed by atoms with van der Waals surface area (Å²) in [5, 5.41) is 2.81. The lowest BCUT2D eigenvalue weighted by Crippen LogP contribution is -2.21. The topological polar surface area (TPSA) is 88.2 Å². The first-order valence-electron chi connectivity index (χ1n) is 7.81. The van der Waals surface area contributed by atoms with Crippen molar-refractivity contribution < 1.29 is 13.2 Å². The number of hydrogen-bond donors (Lipinski definition) is 2. The SMILES string of the molecule is CCC(CC)C(=O)Nc1ccc(S(=O)(=O)Nc2ccccn2)cc1. The lowest BCUT2D eigenvalue weighted by atomic mass is 10.0. The van der Waals surface area contributed by atoms with E-state index >= 15 is 0 Å². The van der Waals surface area contributed by atoms with Gasteiger partial charge in [0.15, 0.2) is 0 Å². The highest BCUT2D eigenvalue weighted by molar-refractivity contribution is 7.92. The van der Waals surface area contributed by atoms with E-state index < -0.39 is 10.0 Å². The highest BCUT2D eigenvalue weighted by Gasteiger charge is 2.16. The molecule has 1 aromatic heterocycles. The van der Waals surface area contributed by atoms with Gasteiger partial charge in [-0.1, -0.05) is 19.9 Å². The van der Waals surface area contributed by atoms with E-state index in [2.05, 4.69) is 15.0 Å². The molecule has 2 rings (SSSR count). The summed E-state index contributed by atoms with van der Waals surface area (Å²) in [6.07, 6.45) is 3.04. The number of hydrogen-bond acceptors (Lipinski definition) is 4. The van der Waals surface area contributed by atoms with Crippen LogP contribution in [-0.4, -0.2) is 19.3 Å². The molecular weight excluding hydrogens is 326 g/mol. The zero-order chi connectivity index (χ0) is 17.6. The summed E-state index contributed by atoms with van der Waals surface area (Å²) >= 11 is 0. The highest BCUT2D eigenvalue weighted by atomic mass is 32.2. The zero-order valence-corrected chi connectivity index (χ0v) is 14.5. The second kappa shape index (κ2) is 7.92. The third kappa shape index (κ3) is 4.55. The van der Waals surface area contributed by atoms with Crippen molar-refractivity contribution in [2.75, 3.05) is 10.0 Å². The van der Waals surface area contributed by atoms with Crippen molar-refractivity contribution >= 4 is 27.4 Å². The first kappa shape index (κ1) is 17.9. The minimum absolute atomic E-state index is 0.0424. The quantitative estimate of drug-likeness (QED) is 0.805. The van der Waals surface area contributed by atoms with Gasteiger partial charge in [0.05, 0.1) is 4.90 Å². The van der Waals surface area contributed by atoms with Crippen molar-refractivity contribution in [3.8, 4) is 0 Å². The molecule has 0 radical (unpaired) electrons. The Balaban J connectivity index is 2.10. The number of sulfonamides is 1. The fourth-order valence-electron chi connectivity index (χ4n) is 2.24. The van der Waals surface area contributed by atoms with Gasteiger partial charge in [0.25, 0.3) is 10.0 Å². The second-order valence-corrected chi connectivity index (χ2v) is 7.03. The summed E-state index contributed by atoms with van der Waals surface area (Å²) < 4.78 is 27.0. The molecule has 6 nitrogen and oxygen atoms in total. The number of nitrogens with zero attached hydrogens (tertiary/aromatic N) is 1. The van der Waals surface area contributed by atoms with Crippen LogP contribution in [0.3, 0.4) is 0 Å². The fraction of sp³-hybridized carbons (Fsp3) is 0.294. The molecular formula is C17H21N3O3S. The molecule has 0 saturated carbocycles. The fourth-order valence-corrected chi connectivity index (χ4v) is 3.25. The van der Waals surface area contributed by atoms with Gasteiger partial charge in [-0.3, -0.25) is 9.52 Å². The van der Waals surface area contributed by atoms with Gasteiger partial charge in [0, 0.05) is 17.8 Å². The van der Waals surface area contributed by atoms with Gasteiger partial charge >= 0.3 is 0 Å². The number of pyridine rings is 1. The van der Waals surface area contributed by atoms with Crippen molar-refractivity contribution in [2.45, 2.75) is 31.6 Å². The van der Waals surface area contributed by atoms with Gasteiger partial charge in [0.2, 0.25) is 5.91 Å². The van der Waals surface area contributed by atoms with E-state index in [1.54, 1.807) is 30.3 Å². The molecule has 2 N–H and O–H groups in total. The lowest BCUT2D eigenvalue weighted by Gasteiger charge is -2.13. The predicted octanol–water partition coefficient (Wildman–Crippen LogP) is 3.26. The zero-order valence-electron chi connectivity index (χ0n) is 13.7. The molecule has 0 aliphatic rings. The van der Waals surface area contributed by atoms with Crippen LogP contribution in [0.5, 0.6) is 0 Å². The molecule has 2 aromatic rings. The van der Waals surface area contributed by atoms with Crippen LogP contribution in [0.25, 0.3) is 0 Å². The largest absolute Gasteiger partial charge is 0.326 e. The number of anilines is 2. The number of amides is 1. The monoisotopic (exact) mass is 347 g/mol. The average molecular weight is 347 g/mol. The molecule has 1 aromatic carbocycles. The van der Waals surface area contributed by atoms with Gasteiger partial charge in [-0.05, 0) is 49.2 Å². The van der Waals surface area contributed by atoms with Gasteiger partial charge < -0.3 is 5.32 Å². The molecule has 0 unspecified atom stereocenters. The molecule has 1 heterocycles. The number of benzene rings is 1. The molecule has 0 saturated heterocycles. The van der Waals surface area contributed by atoms with Gasteiger partial charge in [-0.25, -0.2) is 13.4 Å². The van der Waals surface area contributed by atoms with Crippen LogP contribution in [0.1, 0.15) is 26.7 Å². The Morgan fingerprint density at radius 1 is 1.08 bits per heavy atom. The van der Waals surface area contributed by atoms with Crippen molar-refractivity contribution in [1.82, 2.24) is 4.98 Å². The van der Waals surface area contributed by atoms with E-state index in [-0.39, 0.29) is 22.5 Å². The summed E-state index contributed by atoms with van der Waals surface area (Å²) in [4.78, 5) is 16.1. The first-order valence-corrected chi connectivity index (χ1v) is 9.29. The Bertz CT molecular complexity index is 770. The van der Waals surface area contributed by atoms with Crippen molar-refractivity contribution in [1.29, 1.82) is 0 Å². The molecule has 0 spiro atoms. The third-order valence-electron chi connectivity index (χ3n) is 3.69. The van der Waals surface area contributed by atoms with Crippen LogP contribution in [0.15, 0.2) is 53.6 Å². The van der Waals surface area contributed by atoms with E-state index in [4.69, 9.17) is 0 Å². The predicted molar refractivity (Wildman–Crippen MR) is 94.2 cm³/mol. The van der Waals surface area contributed by atoms with Crippen molar-refractivity contribution in [3.05, 3.63) is 48.7 Å². The van der Waals surface area contributed by atoms with Crippen molar-refractivity contribution in [2.24, 2.45) is 5.92 Å². The summed E-state index contributed by atoms with van der Waals surface area (Å²) in [7, 11) is -3.71.